The van der Waals surface area contributed by atoms with Crippen LogP contribution in [0.3, 0.4) is 0 Å². The monoisotopic (exact) mass is 288 g/mol. The largest absolute Gasteiger partial charge is 0.468 e. The highest BCUT2D eigenvalue weighted by molar-refractivity contribution is 6.02. The molecule has 0 fully saturated rings. The molecule has 0 amide bonds. The number of rotatable bonds is 3. The van der Waals surface area contributed by atoms with Crippen molar-refractivity contribution in [3.8, 4) is 0 Å². The van der Waals surface area contributed by atoms with Crippen LogP contribution in [0.5, 0.6) is 0 Å². The summed E-state index contributed by atoms with van der Waals surface area (Å²) in [5, 5.41) is 0. The number of benzene rings is 1. The maximum atomic E-state index is 12.3. The number of esters is 2. The minimum Gasteiger partial charge on any atom is -0.468 e. The van der Waals surface area contributed by atoms with Crippen LogP contribution in [-0.4, -0.2) is 26.2 Å². The molecule has 0 bridgehead atoms. The standard InChI is InChI=1S/C17H20O4/c1-12-14(13-8-5-4-6-9-13)10-7-11-17(12,15(18)20-2)16(19)21-3/h4-6,8-10,12H,7,11H2,1-3H3. The molecule has 0 heterocycles. The lowest BCUT2D eigenvalue weighted by Gasteiger charge is -2.38. The zero-order valence-corrected chi connectivity index (χ0v) is 12.6. The van der Waals surface area contributed by atoms with E-state index in [2.05, 4.69) is 6.08 Å². The fourth-order valence-electron chi connectivity index (χ4n) is 3.12. The van der Waals surface area contributed by atoms with Gasteiger partial charge in [0.2, 0.25) is 0 Å². The number of ether oxygens (including phenoxy) is 2. The van der Waals surface area contributed by atoms with Crippen molar-refractivity contribution in [3.05, 3.63) is 42.0 Å². The van der Waals surface area contributed by atoms with Crippen LogP contribution in [0.2, 0.25) is 0 Å². The molecule has 1 atom stereocenters. The first-order valence-electron chi connectivity index (χ1n) is 7.00. The highest BCUT2D eigenvalue weighted by Gasteiger charge is 2.54. The Hall–Kier alpha value is -2.10. The van der Waals surface area contributed by atoms with Gasteiger partial charge >= 0.3 is 11.9 Å². The molecule has 1 aromatic carbocycles. The highest BCUT2D eigenvalue weighted by atomic mass is 16.5. The van der Waals surface area contributed by atoms with Gasteiger partial charge < -0.3 is 9.47 Å². The van der Waals surface area contributed by atoms with E-state index in [1.807, 2.05) is 37.3 Å². The first-order chi connectivity index (χ1) is 10.1. The van der Waals surface area contributed by atoms with E-state index < -0.39 is 17.4 Å². The Labute approximate surface area is 124 Å². The lowest BCUT2D eigenvalue weighted by atomic mass is 9.65. The topological polar surface area (TPSA) is 52.6 Å². The SMILES string of the molecule is COC(=O)C1(C(=O)OC)CCC=C(c2ccccc2)C1C. The van der Waals surface area contributed by atoms with Gasteiger partial charge in [0.15, 0.2) is 5.41 Å². The van der Waals surface area contributed by atoms with Gasteiger partial charge in [-0.15, -0.1) is 0 Å². The van der Waals surface area contributed by atoms with Gasteiger partial charge in [-0.25, -0.2) is 0 Å². The molecule has 1 aromatic rings. The Kier molecular flexibility index (Phi) is 4.46. The minimum atomic E-state index is -1.26. The summed E-state index contributed by atoms with van der Waals surface area (Å²) < 4.78 is 9.81. The van der Waals surface area contributed by atoms with Crippen molar-refractivity contribution in [2.45, 2.75) is 19.8 Å². The normalized spacial score (nSPS) is 20.3. The van der Waals surface area contributed by atoms with Gasteiger partial charge in [-0.05, 0) is 24.0 Å². The lowest BCUT2D eigenvalue weighted by molar-refractivity contribution is -0.172. The summed E-state index contributed by atoms with van der Waals surface area (Å²) in [6.07, 6.45) is 3.13. The molecule has 0 N–H and O–H groups in total. The second-order valence-corrected chi connectivity index (χ2v) is 5.24. The third kappa shape index (κ3) is 2.46. The van der Waals surface area contributed by atoms with Crippen LogP contribution in [0.15, 0.2) is 36.4 Å². The molecule has 0 aliphatic heterocycles. The molecule has 0 radical (unpaired) electrons. The van der Waals surface area contributed by atoms with Gasteiger partial charge in [0.1, 0.15) is 0 Å². The second kappa shape index (κ2) is 6.12. The minimum absolute atomic E-state index is 0.298. The number of carbonyl (C=O) groups excluding carboxylic acids is 2. The molecule has 21 heavy (non-hydrogen) atoms. The van der Waals surface area contributed by atoms with Crippen molar-refractivity contribution in [3.63, 3.8) is 0 Å². The molecule has 0 aromatic heterocycles. The molecule has 4 nitrogen and oxygen atoms in total. The predicted octanol–water partition coefficient (Wildman–Crippen LogP) is 2.83. The molecule has 0 saturated carbocycles. The number of hydrogen-bond donors (Lipinski definition) is 0. The van der Waals surface area contributed by atoms with Gasteiger partial charge in [0, 0.05) is 5.92 Å². The van der Waals surface area contributed by atoms with Crippen LogP contribution in [0, 0.1) is 11.3 Å². The Morgan fingerprint density at radius 3 is 2.19 bits per heavy atom. The van der Waals surface area contributed by atoms with Crippen LogP contribution in [0.4, 0.5) is 0 Å². The quantitative estimate of drug-likeness (QED) is 0.634. The molecule has 1 aliphatic carbocycles. The van der Waals surface area contributed by atoms with E-state index in [1.54, 1.807) is 0 Å². The Bertz CT molecular complexity index is 543. The lowest BCUT2D eigenvalue weighted by Crippen LogP contribution is -2.48. The molecule has 0 saturated heterocycles. The van der Waals surface area contributed by atoms with Gasteiger partial charge in [0.05, 0.1) is 14.2 Å². The van der Waals surface area contributed by atoms with Gasteiger partial charge in [-0.2, -0.15) is 0 Å². The Morgan fingerprint density at radius 1 is 1.10 bits per heavy atom. The summed E-state index contributed by atoms with van der Waals surface area (Å²) in [5.41, 5.74) is 0.739. The van der Waals surface area contributed by atoms with Crippen LogP contribution >= 0.6 is 0 Å². The van der Waals surface area contributed by atoms with Crippen molar-refractivity contribution < 1.29 is 19.1 Å². The summed E-state index contributed by atoms with van der Waals surface area (Å²) in [4.78, 5) is 24.7. The summed E-state index contributed by atoms with van der Waals surface area (Å²) in [5.74, 6) is -1.35. The van der Waals surface area contributed by atoms with E-state index >= 15 is 0 Å². The number of allylic oxidation sites excluding steroid dienone is 2. The van der Waals surface area contributed by atoms with Crippen molar-refractivity contribution >= 4 is 17.5 Å². The molecule has 2 rings (SSSR count). The number of carbonyl (C=O) groups is 2. The summed E-state index contributed by atoms with van der Waals surface area (Å²) in [7, 11) is 2.61. The van der Waals surface area contributed by atoms with Crippen molar-refractivity contribution in [1.29, 1.82) is 0 Å². The fraction of sp³-hybridized carbons (Fsp3) is 0.412. The smallest absolute Gasteiger partial charge is 0.323 e. The van der Waals surface area contributed by atoms with E-state index in [-0.39, 0.29) is 5.92 Å². The van der Waals surface area contributed by atoms with Crippen LogP contribution in [0.25, 0.3) is 5.57 Å². The van der Waals surface area contributed by atoms with E-state index in [9.17, 15) is 9.59 Å². The van der Waals surface area contributed by atoms with E-state index in [4.69, 9.17) is 9.47 Å². The molecule has 112 valence electrons. The molecular formula is C17H20O4. The van der Waals surface area contributed by atoms with Gasteiger partial charge in [0.25, 0.3) is 0 Å². The maximum Gasteiger partial charge on any atom is 0.323 e. The number of hydrogen-bond acceptors (Lipinski definition) is 4. The Balaban J connectivity index is 2.48. The van der Waals surface area contributed by atoms with E-state index in [1.165, 1.54) is 14.2 Å². The molecule has 4 heteroatoms. The first-order valence-corrected chi connectivity index (χ1v) is 7.00. The van der Waals surface area contributed by atoms with E-state index in [0.717, 1.165) is 11.1 Å². The third-order valence-electron chi connectivity index (χ3n) is 4.32. The summed E-state index contributed by atoms with van der Waals surface area (Å²) in [6.45, 7) is 1.88. The Morgan fingerprint density at radius 2 is 1.67 bits per heavy atom. The fourth-order valence-corrected chi connectivity index (χ4v) is 3.12. The average Bonchev–Trinajstić information content (AvgIpc) is 2.54. The molecular weight excluding hydrogens is 268 g/mol. The first kappa shape index (κ1) is 15.3. The molecule has 1 unspecified atom stereocenters. The van der Waals surface area contributed by atoms with Crippen molar-refractivity contribution in [2.24, 2.45) is 11.3 Å². The van der Waals surface area contributed by atoms with Crippen LogP contribution in [0.1, 0.15) is 25.3 Å². The maximum absolute atomic E-state index is 12.3. The average molecular weight is 288 g/mol. The zero-order valence-electron chi connectivity index (χ0n) is 12.6. The summed E-state index contributed by atoms with van der Waals surface area (Å²) >= 11 is 0. The zero-order chi connectivity index (χ0) is 15.5. The summed E-state index contributed by atoms with van der Waals surface area (Å²) in [6, 6.07) is 9.77. The van der Waals surface area contributed by atoms with Gasteiger partial charge in [-0.3, -0.25) is 9.59 Å². The predicted molar refractivity (Wildman–Crippen MR) is 79.3 cm³/mol. The van der Waals surface area contributed by atoms with Crippen molar-refractivity contribution in [1.82, 2.24) is 0 Å². The molecule has 0 spiro atoms. The van der Waals surface area contributed by atoms with Crippen LogP contribution in [-0.2, 0) is 19.1 Å². The van der Waals surface area contributed by atoms with Crippen LogP contribution < -0.4 is 0 Å². The van der Waals surface area contributed by atoms with Crippen molar-refractivity contribution in [2.75, 3.05) is 14.2 Å². The number of methoxy groups -OCH3 is 2. The van der Waals surface area contributed by atoms with Gasteiger partial charge in [-0.1, -0.05) is 43.3 Å². The van der Waals surface area contributed by atoms with E-state index in [0.29, 0.717) is 12.8 Å². The molecule has 1 aliphatic rings. The highest BCUT2D eigenvalue weighted by Crippen LogP contribution is 2.46. The second-order valence-electron chi connectivity index (χ2n) is 5.24. The third-order valence-corrected chi connectivity index (χ3v) is 4.32.